The van der Waals surface area contributed by atoms with Crippen molar-refractivity contribution in [3.63, 3.8) is 0 Å². The molecule has 0 aromatic heterocycles. The topological polar surface area (TPSA) is 24.5 Å². The lowest BCUT2D eigenvalue weighted by molar-refractivity contribution is 0.202. The Kier molecular flexibility index (Phi) is 4.81. The quantitative estimate of drug-likeness (QED) is 0.922. The van der Waals surface area contributed by atoms with E-state index in [1.807, 2.05) is 0 Å². The number of piperazine rings is 1. The molecule has 1 N–H and O–H groups in total. The van der Waals surface area contributed by atoms with Crippen molar-refractivity contribution < 1.29 is 4.74 Å². The predicted molar refractivity (Wildman–Crippen MR) is 88.1 cm³/mol. The second-order valence-corrected chi connectivity index (χ2v) is 6.56. The zero-order valence-corrected chi connectivity index (χ0v) is 13.2. The van der Waals surface area contributed by atoms with Crippen LogP contribution < -0.4 is 10.2 Å². The van der Waals surface area contributed by atoms with Crippen LogP contribution in [0.3, 0.4) is 0 Å². The van der Waals surface area contributed by atoms with E-state index in [4.69, 9.17) is 4.74 Å². The SMILES string of the molecule is COCCc1ccccc1N1CCNC2(CCCCC2)C1. The molecule has 3 rings (SSSR count). The Balaban J connectivity index is 1.76. The molecule has 1 aliphatic heterocycles. The van der Waals surface area contributed by atoms with Crippen molar-refractivity contribution in [3.05, 3.63) is 29.8 Å². The van der Waals surface area contributed by atoms with Gasteiger partial charge in [-0.2, -0.15) is 0 Å². The van der Waals surface area contributed by atoms with Crippen molar-refractivity contribution in [1.29, 1.82) is 0 Å². The maximum absolute atomic E-state index is 5.27. The molecule has 2 fully saturated rings. The molecule has 0 amide bonds. The molecule has 1 saturated heterocycles. The highest BCUT2D eigenvalue weighted by Crippen LogP contribution is 2.33. The summed E-state index contributed by atoms with van der Waals surface area (Å²) in [6.07, 6.45) is 7.85. The molecule has 1 aromatic rings. The van der Waals surface area contributed by atoms with Crippen LogP contribution in [0.5, 0.6) is 0 Å². The highest BCUT2D eigenvalue weighted by molar-refractivity contribution is 5.54. The minimum Gasteiger partial charge on any atom is -0.384 e. The van der Waals surface area contributed by atoms with Crippen molar-refractivity contribution in [2.45, 2.75) is 44.1 Å². The Labute approximate surface area is 128 Å². The number of nitrogens with one attached hydrogen (secondary N) is 1. The second-order valence-electron chi connectivity index (χ2n) is 6.56. The third-order valence-electron chi connectivity index (χ3n) is 5.09. The second kappa shape index (κ2) is 6.80. The molecule has 1 saturated carbocycles. The average Bonchev–Trinajstić information content (AvgIpc) is 2.54. The number of hydrogen-bond donors (Lipinski definition) is 1. The first-order chi connectivity index (χ1) is 10.3. The van der Waals surface area contributed by atoms with Crippen LogP contribution in [-0.2, 0) is 11.2 Å². The lowest BCUT2D eigenvalue weighted by atomic mass is 9.80. The summed E-state index contributed by atoms with van der Waals surface area (Å²) >= 11 is 0. The van der Waals surface area contributed by atoms with Gasteiger partial charge in [-0.15, -0.1) is 0 Å². The summed E-state index contributed by atoms with van der Waals surface area (Å²) in [6, 6.07) is 8.85. The standard InChI is InChI=1S/C18H28N2O/c1-21-14-9-16-7-3-4-8-17(16)20-13-12-19-18(15-20)10-5-2-6-11-18/h3-4,7-8,19H,2,5-6,9-15H2,1H3. The third-order valence-corrected chi connectivity index (χ3v) is 5.09. The molecule has 21 heavy (non-hydrogen) atoms. The van der Waals surface area contributed by atoms with Gasteiger partial charge in [-0.25, -0.2) is 0 Å². The third kappa shape index (κ3) is 3.41. The number of ether oxygens (including phenoxy) is 1. The Morgan fingerprint density at radius 2 is 2.00 bits per heavy atom. The molecule has 1 aliphatic carbocycles. The molecule has 3 heteroatoms. The minimum absolute atomic E-state index is 0.366. The van der Waals surface area contributed by atoms with Gasteiger partial charge in [0.1, 0.15) is 0 Å². The van der Waals surface area contributed by atoms with Gasteiger partial charge in [0.15, 0.2) is 0 Å². The van der Waals surface area contributed by atoms with Gasteiger partial charge in [0.2, 0.25) is 0 Å². The van der Waals surface area contributed by atoms with E-state index in [0.717, 1.165) is 32.7 Å². The van der Waals surface area contributed by atoms with Gasteiger partial charge in [-0.1, -0.05) is 37.5 Å². The number of para-hydroxylation sites is 1. The van der Waals surface area contributed by atoms with E-state index in [1.54, 1.807) is 7.11 Å². The van der Waals surface area contributed by atoms with Gasteiger partial charge in [0.25, 0.3) is 0 Å². The first-order valence-corrected chi connectivity index (χ1v) is 8.40. The highest BCUT2D eigenvalue weighted by atomic mass is 16.5. The van der Waals surface area contributed by atoms with Crippen molar-refractivity contribution in [2.75, 3.05) is 38.3 Å². The van der Waals surface area contributed by atoms with Crippen LogP contribution in [0, 0.1) is 0 Å². The summed E-state index contributed by atoms with van der Waals surface area (Å²) < 4.78 is 5.27. The van der Waals surface area contributed by atoms with Crippen molar-refractivity contribution in [1.82, 2.24) is 5.32 Å². The predicted octanol–water partition coefficient (Wildman–Crippen LogP) is 2.99. The van der Waals surface area contributed by atoms with E-state index in [-0.39, 0.29) is 0 Å². The van der Waals surface area contributed by atoms with Crippen molar-refractivity contribution >= 4 is 5.69 Å². The zero-order chi connectivity index (χ0) is 14.5. The van der Waals surface area contributed by atoms with E-state index in [0.29, 0.717) is 5.54 Å². The van der Waals surface area contributed by atoms with E-state index in [2.05, 4.69) is 34.5 Å². The molecule has 0 atom stereocenters. The number of methoxy groups -OCH3 is 1. The van der Waals surface area contributed by atoms with Crippen LogP contribution in [0.15, 0.2) is 24.3 Å². The maximum Gasteiger partial charge on any atom is 0.0503 e. The molecule has 3 nitrogen and oxygen atoms in total. The monoisotopic (exact) mass is 288 g/mol. The van der Waals surface area contributed by atoms with Crippen LogP contribution in [0.2, 0.25) is 0 Å². The molecule has 1 spiro atoms. The van der Waals surface area contributed by atoms with Gasteiger partial charge in [0.05, 0.1) is 6.61 Å². The normalized spacial score (nSPS) is 21.7. The fourth-order valence-corrected chi connectivity index (χ4v) is 3.97. The van der Waals surface area contributed by atoms with E-state index in [9.17, 15) is 0 Å². The Hall–Kier alpha value is -1.06. The van der Waals surface area contributed by atoms with Gasteiger partial charge < -0.3 is 15.0 Å². The first-order valence-electron chi connectivity index (χ1n) is 8.40. The lowest BCUT2D eigenvalue weighted by Gasteiger charge is -2.47. The minimum atomic E-state index is 0.366. The van der Waals surface area contributed by atoms with Crippen LogP contribution >= 0.6 is 0 Å². The summed E-state index contributed by atoms with van der Waals surface area (Å²) in [6.45, 7) is 4.19. The fraction of sp³-hybridized carbons (Fsp3) is 0.667. The summed E-state index contributed by atoms with van der Waals surface area (Å²) in [4.78, 5) is 2.60. The Bertz CT molecular complexity index is 449. The number of nitrogens with zero attached hydrogens (tertiary/aromatic N) is 1. The molecular formula is C18H28N2O. The number of hydrogen-bond acceptors (Lipinski definition) is 3. The molecule has 1 heterocycles. The summed E-state index contributed by atoms with van der Waals surface area (Å²) in [5, 5.41) is 3.83. The van der Waals surface area contributed by atoms with E-state index >= 15 is 0 Å². The number of anilines is 1. The molecular weight excluding hydrogens is 260 g/mol. The number of rotatable bonds is 4. The Morgan fingerprint density at radius 3 is 2.81 bits per heavy atom. The molecule has 0 radical (unpaired) electrons. The Morgan fingerprint density at radius 1 is 1.19 bits per heavy atom. The molecule has 0 bridgehead atoms. The van der Waals surface area contributed by atoms with Crippen LogP contribution in [-0.4, -0.2) is 38.9 Å². The van der Waals surface area contributed by atoms with Gasteiger partial charge in [-0.05, 0) is 30.9 Å². The maximum atomic E-state index is 5.27. The van der Waals surface area contributed by atoms with Crippen LogP contribution in [0.25, 0.3) is 0 Å². The highest BCUT2D eigenvalue weighted by Gasteiger charge is 2.36. The van der Waals surface area contributed by atoms with Crippen molar-refractivity contribution in [3.8, 4) is 0 Å². The van der Waals surface area contributed by atoms with E-state index < -0.39 is 0 Å². The van der Waals surface area contributed by atoms with Crippen molar-refractivity contribution in [2.24, 2.45) is 0 Å². The van der Waals surface area contributed by atoms with Gasteiger partial charge in [0, 0.05) is 38.0 Å². The zero-order valence-electron chi connectivity index (χ0n) is 13.2. The summed E-state index contributed by atoms with van der Waals surface area (Å²) in [5.74, 6) is 0. The van der Waals surface area contributed by atoms with E-state index in [1.165, 1.54) is 43.4 Å². The summed E-state index contributed by atoms with van der Waals surface area (Å²) in [7, 11) is 1.78. The summed E-state index contributed by atoms with van der Waals surface area (Å²) in [5.41, 5.74) is 3.21. The average molecular weight is 288 g/mol. The molecule has 116 valence electrons. The largest absolute Gasteiger partial charge is 0.384 e. The fourth-order valence-electron chi connectivity index (χ4n) is 3.97. The number of benzene rings is 1. The molecule has 0 unspecified atom stereocenters. The molecule has 1 aromatic carbocycles. The smallest absolute Gasteiger partial charge is 0.0503 e. The first kappa shape index (κ1) is 14.9. The van der Waals surface area contributed by atoms with Gasteiger partial charge >= 0.3 is 0 Å². The van der Waals surface area contributed by atoms with Gasteiger partial charge in [-0.3, -0.25) is 0 Å². The molecule has 2 aliphatic rings. The van der Waals surface area contributed by atoms with Crippen LogP contribution in [0.1, 0.15) is 37.7 Å². The lowest BCUT2D eigenvalue weighted by Crippen LogP contribution is -2.61. The van der Waals surface area contributed by atoms with Crippen LogP contribution in [0.4, 0.5) is 5.69 Å².